The predicted octanol–water partition coefficient (Wildman–Crippen LogP) is 0.766. The molecule has 0 spiro atoms. The van der Waals surface area contributed by atoms with Gasteiger partial charge in [0.05, 0.1) is 18.1 Å². The van der Waals surface area contributed by atoms with Gasteiger partial charge in [-0.15, -0.1) is 15.6 Å². The van der Waals surface area contributed by atoms with E-state index in [1.165, 1.54) is 0 Å². The standard InChI is InChI=1S/C8H14FN2O6PS/c1-2-4-16-18(9,13)11(10)8(12)17-7-3-5-19(14,15)6-7/h2,7H,1,3-6,10H2. The Morgan fingerprint density at radius 3 is 2.74 bits per heavy atom. The average Bonchev–Trinajstić information content (AvgIpc) is 2.65. The van der Waals surface area contributed by atoms with Crippen LogP contribution in [0, 0.1) is 0 Å². The van der Waals surface area contributed by atoms with Crippen molar-refractivity contribution in [2.75, 3.05) is 18.1 Å². The van der Waals surface area contributed by atoms with Crippen molar-refractivity contribution in [3.8, 4) is 0 Å². The Morgan fingerprint density at radius 1 is 1.63 bits per heavy atom. The zero-order valence-electron chi connectivity index (χ0n) is 9.90. The average molecular weight is 316 g/mol. The van der Waals surface area contributed by atoms with Gasteiger partial charge in [0.1, 0.15) is 6.10 Å². The maximum atomic E-state index is 13.4. The molecule has 11 heteroatoms. The summed E-state index contributed by atoms with van der Waals surface area (Å²) >= 11 is 0. The van der Waals surface area contributed by atoms with E-state index >= 15 is 0 Å². The lowest BCUT2D eigenvalue weighted by atomic mass is 10.3. The normalized spacial score (nSPS) is 24.4. The summed E-state index contributed by atoms with van der Waals surface area (Å²) in [6.07, 6.45) is -1.17. The van der Waals surface area contributed by atoms with Gasteiger partial charge in [-0.25, -0.2) is 23.6 Å². The highest BCUT2D eigenvalue weighted by Crippen LogP contribution is 2.50. The van der Waals surface area contributed by atoms with Crippen LogP contribution in [0.5, 0.6) is 0 Å². The second-order valence-electron chi connectivity index (χ2n) is 3.79. The molecule has 2 atom stereocenters. The van der Waals surface area contributed by atoms with Crippen molar-refractivity contribution in [1.82, 2.24) is 4.78 Å². The molecule has 0 saturated carbocycles. The van der Waals surface area contributed by atoms with Crippen LogP contribution >= 0.6 is 7.83 Å². The number of rotatable bonds is 5. The summed E-state index contributed by atoms with van der Waals surface area (Å²) in [6.45, 7) is 2.80. The Kier molecular flexibility index (Phi) is 5.08. The van der Waals surface area contributed by atoms with Crippen molar-refractivity contribution < 1.29 is 31.2 Å². The van der Waals surface area contributed by atoms with Gasteiger partial charge in [0.15, 0.2) is 9.84 Å². The van der Waals surface area contributed by atoms with Gasteiger partial charge in [0.2, 0.25) is 0 Å². The van der Waals surface area contributed by atoms with E-state index in [-0.39, 0.29) is 22.7 Å². The van der Waals surface area contributed by atoms with E-state index in [1.807, 2.05) is 0 Å². The van der Waals surface area contributed by atoms with Gasteiger partial charge in [0.25, 0.3) is 0 Å². The van der Waals surface area contributed by atoms with Gasteiger partial charge in [-0.1, -0.05) is 6.08 Å². The predicted molar refractivity (Wildman–Crippen MR) is 64.4 cm³/mol. The number of hydrogen-bond donors (Lipinski definition) is 1. The molecule has 0 aromatic heterocycles. The third-order valence-electron chi connectivity index (χ3n) is 2.25. The molecule has 0 aliphatic carbocycles. The van der Waals surface area contributed by atoms with Gasteiger partial charge in [0, 0.05) is 0 Å². The van der Waals surface area contributed by atoms with Gasteiger partial charge in [-0.05, 0) is 6.42 Å². The fourth-order valence-corrected chi connectivity index (χ4v) is 3.60. The third-order valence-corrected chi connectivity index (χ3v) is 5.14. The Hall–Kier alpha value is -0.960. The van der Waals surface area contributed by atoms with Crippen LogP contribution in [0.4, 0.5) is 8.99 Å². The minimum atomic E-state index is -5.03. The molecule has 0 bridgehead atoms. The molecule has 1 amide bonds. The van der Waals surface area contributed by atoms with E-state index in [4.69, 9.17) is 5.84 Å². The van der Waals surface area contributed by atoms with E-state index in [0.717, 1.165) is 6.08 Å². The summed E-state index contributed by atoms with van der Waals surface area (Å²) in [6, 6.07) is 0. The summed E-state index contributed by atoms with van der Waals surface area (Å²) in [5, 5.41) is 0. The van der Waals surface area contributed by atoms with Crippen molar-refractivity contribution in [2.45, 2.75) is 12.5 Å². The molecule has 110 valence electrons. The van der Waals surface area contributed by atoms with Crippen LogP contribution in [-0.2, 0) is 23.7 Å². The summed E-state index contributed by atoms with van der Waals surface area (Å²) in [4.78, 5) is 11.4. The number of carbonyl (C=O) groups is 1. The maximum absolute atomic E-state index is 13.4. The number of carbonyl (C=O) groups excluding carboxylic acids is 1. The number of sulfone groups is 1. The quantitative estimate of drug-likeness (QED) is 0.262. The molecule has 19 heavy (non-hydrogen) atoms. The number of hydrogen-bond acceptors (Lipinski definition) is 7. The van der Waals surface area contributed by atoms with Crippen molar-refractivity contribution >= 4 is 23.8 Å². The minimum absolute atomic E-state index is 0.0893. The topological polar surface area (TPSA) is 116 Å². The van der Waals surface area contributed by atoms with Crippen molar-refractivity contribution in [3.63, 3.8) is 0 Å². The second kappa shape index (κ2) is 6.00. The SMILES string of the molecule is C=CCOP(=O)(F)N(N)C(=O)OC1CCS(=O)(=O)C1. The number of amides is 1. The summed E-state index contributed by atoms with van der Waals surface area (Å²) in [5.41, 5.74) is 0. The highest BCUT2D eigenvalue weighted by atomic mass is 32.2. The Morgan fingerprint density at radius 2 is 2.26 bits per heavy atom. The fraction of sp³-hybridized carbons (Fsp3) is 0.625. The summed E-state index contributed by atoms with van der Waals surface area (Å²) in [7, 11) is -8.29. The minimum Gasteiger partial charge on any atom is -0.444 e. The molecule has 1 saturated heterocycles. The van der Waals surface area contributed by atoms with E-state index in [1.54, 1.807) is 0 Å². The van der Waals surface area contributed by atoms with Gasteiger partial charge in [-0.2, -0.15) is 0 Å². The van der Waals surface area contributed by atoms with Crippen molar-refractivity contribution in [3.05, 3.63) is 12.7 Å². The van der Waals surface area contributed by atoms with E-state index in [2.05, 4.69) is 15.8 Å². The lowest BCUT2D eigenvalue weighted by Gasteiger charge is -2.20. The van der Waals surface area contributed by atoms with Gasteiger partial charge in [-0.3, -0.25) is 4.52 Å². The number of halogens is 1. The molecular weight excluding hydrogens is 302 g/mol. The molecule has 1 rings (SSSR count). The first-order valence-electron chi connectivity index (χ1n) is 5.19. The highest BCUT2D eigenvalue weighted by molar-refractivity contribution is 7.91. The van der Waals surface area contributed by atoms with Crippen LogP contribution in [0.3, 0.4) is 0 Å². The molecule has 1 aliphatic heterocycles. The summed E-state index contributed by atoms with van der Waals surface area (Å²) in [5.74, 6) is 4.50. The zero-order valence-corrected chi connectivity index (χ0v) is 11.6. The van der Waals surface area contributed by atoms with E-state index in [0.29, 0.717) is 0 Å². The van der Waals surface area contributed by atoms with Crippen molar-refractivity contribution in [2.24, 2.45) is 5.84 Å². The Labute approximate surface area is 109 Å². The Bertz CT molecular complexity index is 509. The van der Waals surface area contributed by atoms with Crippen LogP contribution < -0.4 is 5.84 Å². The first kappa shape index (κ1) is 16.1. The third kappa shape index (κ3) is 4.57. The smallest absolute Gasteiger partial charge is 0.444 e. The maximum Gasteiger partial charge on any atom is 0.492 e. The lowest BCUT2D eigenvalue weighted by molar-refractivity contribution is 0.0853. The molecule has 2 unspecified atom stereocenters. The van der Waals surface area contributed by atoms with Crippen molar-refractivity contribution in [1.29, 1.82) is 0 Å². The van der Waals surface area contributed by atoms with Gasteiger partial charge < -0.3 is 4.74 Å². The van der Waals surface area contributed by atoms with E-state index in [9.17, 15) is 22.0 Å². The molecule has 1 aliphatic rings. The van der Waals surface area contributed by atoms with Crippen LogP contribution in [0.25, 0.3) is 0 Å². The summed E-state index contributed by atoms with van der Waals surface area (Å²) < 4.78 is 55.5. The number of nitrogens with two attached hydrogens (primary N) is 1. The fourth-order valence-electron chi connectivity index (χ4n) is 1.35. The number of nitrogens with zero attached hydrogens (tertiary/aromatic N) is 1. The molecule has 2 N–H and O–H groups in total. The molecule has 1 fully saturated rings. The molecule has 8 nitrogen and oxygen atoms in total. The largest absolute Gasteiger partial charge is 0.492 e. The highest BCUT2D eigenvalue weighted by Gasteiger charge is 2.38. The molecule has 0 aromatic rings. The van der Waals surface area contributed by atoms with Crippen LogP contribution in [0.2, 0.25) is 0 Å². The number of hydrazine groups is 1. The Balaban J connectivity index is 2.58. The second-order valence-corrected chi connectivity index (χ2v) is 7.61. The van der Waals surface area contributed by atoms with Crippen LogP contribution in [-0.4, -0.2) is 43.5 Å². The van der Waals surface area contributed by atoms with E-state index < -0.39 is 36.5 Å². The molecule has 0 aromatic carbocycles. The first-order valence-corrected chi connectivity index (χ1v) is 8.48. The molecule has 0 radical (unpaired) electrons. The van der Waals surface area contributed by atoms with Gasteiger partial charge >= 0.3 is 13.9 Å². The molecular formula is C8H14FN2O6PS. The van der Waals surface area contributed by atoms with Crippen LogP contribution in [0.15, 0.2) is 12.7 Å². The number of ether oxygens (including phenoxy) is 1. The first-order chi connectivity index (χ1) is 8.68. The zero-order chi connectivity index (χ0) is 14.7. The lowest BCUT2D eigenvalue weighted by Crippen LogP contribution is -2.37. The van der Waals surface area contributed by atoms with Crippen LogP contribution in [0.1, 0.15) is 6.42 Å². The molecule has 1 heterocycles. The monoisotopic (exact) mass is 316 g/mol.